The molecule has 0 aliphatic rings. The Morgan fingerprint density at radius 1 is 0.732 bits per heavy atom. The topological polar surface area (TPSA) is 144 Å². The highest BCUT2D eigenvalue weighted by molar-refractivity contribution is 5.94. The molecule has 2 aromatic heterocycles. The summed E-state index contributed by atoms with van der Waals surface area (Å²) in [7, 11) is 1.62. The lowest BCUT2D eigenvalue weighted by Gasteiger charge is -2.12. The molecule has 0 aliphatic heterocycles. The SMILES string of the molecule is COc1ccc(Nc2nc(NCCOCCOCCNC(=O)c3ccccc3)nc(NCc3ccccn3)n2)cc1. The Morgan fingerprint density at radius 3 is 2.12 bits per heavy atom. The number of methoxy groups -OCH3 is 1. The molecule has 0 spiro atoms. The molecule has 0 saturated carbocycles. The highest BCUT2D eigenvalue weighted by Crippen LogP contribution is 2.19. The summed E-state index contributed by atoms with van der Waals surface area (Å²) in [5, 5.41) is 12.4. The lowest BCUT2D eigenvalue weighted by Crippen LogP contribution is -2.27. The number of anilines is 4. The van der Waals surface area contributed by atoms with E-state index in [0.717, 1.165) is 17.1 Å². The Morgan fingerprint density at radius 2 is 1.41 bits per heavy atom. The predicted octanol–water partition coefficient (Wildman–Crippen LogP) is 3.51. The summed E-state index contributed by atoms with van der Waals surface area (Å²) in [6.07, 6.45) is 1.74. The number of rotatable bonds is 17. The molecule has 2 aromatic carbocycles. The molecule has 12 nitrogen and oxygen atoms in total. The van der Waals surface area contributed by atoms with Crippen LogP contribution in [0.15, 0.2) is 79.0 Å². The highest BCUT2D eigenvalue weighted by atomic mass is 16.5. The number of pyridine rings is 1. The van der Waals surface area contributed by atoms with Crippen molar-refractivity contribution in [2.24, 2.45) is 0 Å². The number of benzene rings is 2. The lowest BCUT2D eigenvalue weighted by molar-refractivity contribution is 0.0519. The lowest BCUT2D eigenvalue weighted by atomic mass is 10.2. The third-order valence-electron chi connectivity index (χ3n) is 5.60. The van der Waals surface area contributed by atoms with Gasteiger partial charge in [0.1, 0.15) is 5.75 Å². The van der Waals surface area contributed by atoms with Gasteiger partial charge in [0, 0.05) is 30.5 Å². The zero-order valence-corrected chi connectivity index (χ0v) is 22.9. The van der Waals surface area contributed by atoms with Crippen molar-refractivity contribution in [3.05, 3.63) is 90.3 Å². The van der Waals surface area contributed by atoms with Gasteiger partial charge in [-0.2, -0.15) is 15.0 Å². The summed E-state index contributed by atoms with van der Waals surface area (Å²) in [5.74, 6) is 1.81. The number of hydrogen-bond donors (Lipinski definition) is 4. The number of carbonyl (C=O) groups excluding carboxylic acids is 1. The third kappa shape index (κ3) is 10.4. The molecule has 0 fully saturated rings. The van der Waals surface area contributed by atoms with Gasteiger partial charge in [0.25, 0.3) is 5.91 Å². The van der Waals surface area contributed by atoms with Crippen molar-refractivity contribution >= 4 is 29.4 Å². The Hall–Kier alpha value is -4.81. The van der Waals surface area contributed by atoms with E-state index in [2.05, 4.69) is 41.2 Å². The molecule has 2 heterocycles. The van der Waals surface area contributed by atoms with E-state index in [1.807, 2.05) is 60.7 Å². The first-order valence-electron chi connectivity index (χ1n) is 13.2. The minimum absolute atomic E-state index is 0.118. The fourth-order valence-corrected chi connectivity index (χ4v) is 3.55. The van der Waals surface area contributed by atoms with Gasteiger partial charge in [0.05, 0.1) is 45.8 Å². The fraction of sp³-hybridized carbons (Fsp3) is 0.276. The van der Waals surface area contributed by atoms with E-state index in [4.69, 9.17) is 14.2 Å². The molecule has 0 aliphatic carbocycles. The van der Waals surface area contributed by atoms with Gasteiger partial charge < -0.3 is 35.5 Å². The second-order valence-electron chi connectivity index (χ2n) is 8.61. The van der Waals surface area contributed by atoms with Crippen molar-refractivity contribution in [2.75, 3.05) is 62.6 Å². The maximum atomic E-state index is 12.0. The summed E-state index contributed by atoms with van der Waals surface area (Å²) in [6.45, 7) is 3.06. The molecule has 0 radical (unpaired) electrons. The first kappa shape index (κ1) is 29.2. The van der Waals surface area contributed by atoms with Gasteiger partial charge >= 0.3 is 0 Å². The zero-order chi connectivity index (χ0) is 28.5. The van der Waals surface area contributed by atoms with Crippen LogP contribution in [-0.2, 0) is 16.0 Å². The van der Waals surface area contributed by atoms with E-state index in [1.54, 1.807) is 25.4 Å². The van der Waals surface area contributed by atoms with Crippen LogP contribution >= 0.6 is 0 Å². The normalized spacial score (nSPS) is 10.6. The molecular formula is C29H34N8O4. The van der Waals surface area contributed by atoms with Crippen molar-refractivity contribution in [3.63, 3.8) is 0 Å². The fourth-order valence-electron chi connectivity index (χ4n) is 3.55. The van der Waals surface area contributed by atoms with Crippen molar-refractivity contribution in [2.45, 2.75) is 6.54 Å². The van der Waals surface area contributed by atoms with Gasteiger partial charge in [0.2, 0.25) is 17.8 Å². The largest absolute Gasteiger partial charge is 0.497 e. The van der Waals surface area contributed by atoms with Crippen molar-refractivity contribution in [3.8, 4) is 5.75 Å². The third-order valence-corrected chi connectivity index (χ3v) is 5.60. The van der Waals surface area contributed by atoms with Crippen LogP contribution in [0, 0.1) is 0 Å². The summed E-state index contributed by atoms with van der Waals surface area (Å²) < 4.78 is 16.4. The molecule has 12 heteroatoms. The number of nitrogens with zero attached hydrogens (tertiary/aromatic N) is 4. The van der Waals surface area contributed by atoms with E-state index in [9.17, 15) is 4.79 Å². The van der Waals surface area contributed by atoms with Gasteiger partial charge in [0.15, 0.2) is 0 Å². The van der Waals surface area contributed by atoms with E-state index in [0.29, 0.717) is 69.5 Å². The molecule has 0 unspecified atom stereocenters. The van der Waals surface area contributed by atoms with E-state index in [-0.39, 0.29) is 5.91 Å². The van der Waals surface area contributed by atoms with Gasteiger partial charge in [-0.1, -0.05) is 24.3 Å². The molecule has 41 heavy (non-hydrogen) atoms. The van der Waals surface area contributed by atoms with E-state index in [1.165, 1.54) is 0 Å². The van der Waals surface area contributed by atoms with E-state index >= 15 is 0 Å². The molecule has 4 rings (SSSR count). The number of aromatic nitrogens is 4. The molecule has 0 bridgehead atoms. The maximum Gasteiger partial charge on any atom is 0.251 e. The minimum Gasteiger partial charge on any atom is -0.497 e. The molecule has 0 saturated heterocycles. The summed E-state index contributed by atoms with van der Waals surface area (Å²) in [4.78, 5) is 29.8. The number of nitrogens with one attached hydrogen (secondary N) is 4. The first-order valence-corrected chi connectivity index (χ1v) is 13.2. The molecule has 4 aromatic rings. The van der Waals surface area contributed by atoms with Gasteiger partial charge in [-0.15, -0.1) is 0 Å². The van der Waals surface area contributed by atoms with Crippen molar-refractivity contribution < 1.29 is 19.0 Å². The van der Waals surface area contributed by atoms with Crippen LogP contribution in [0.5, 0.6) is 5.75 Å². The summed E-state index contributed by atoms with van der Waals surface area (Å²) >= 11 is 0. The molecular weight excluding hydrogens is 524 g/mol. The van der Waals surface area contributed by atoms with E-state index < -0.39 is 0 Å². The number of carbonyl (C=O) groups is 1. The average molecular weight is 559 g/mol. The second-order valence-corrected chi connectivity index (χ2v) is 8.61. The number of hydrogen-bond acceptors (Lipinski definition) is 11. The first-order chi connectivity index (χ1) is 20.2. The molecule has 4 N–H and O–H groups in total. The van der Waals surface area contributed by atoms with Crippen molar-refractivity contribution in [1.29, 1.82) is 0 Å². The van der Waals surface area contributed by atoms with Crippen LogP contribution in [0.2, 0.25) is 0 Å². The molecule has 214 valence electrons. The monoisotopic (exact) mass is 558 g/mol. The Labute approximate surface area is 238 Å². The summed E-state index contributed by atoms with van der Waals surface area (Å²) in [6, 6.07) is 22.3. The predicted molar refractivity (Wildman–Crippen MR) is 157 cm³/mol. The Kier molecular flexibility index (Phi) is 11.6. The smallest absolute Gasteiger partial charge is 0.251 e. The number of amides is 1. The van der Waals surface area contributed by atoms with Crippen LogP contribution in [0.25, 0.3) is 0 Å². The molecule has 1 amide bonds. The Bertz CT molecular complexity index is 1330. The Balaban J connectivity index is 1.19. The van der Waals surface area contributed by atoms with Gasteiger partial charge in [-0.3, -0.25) is 9.78 Å². The van der Waals surface area contributed by atoms with Crippen LogP contribution in [-0.4, -0.2) is 72.5 Å². The number of ether oxygens (including phenoxy) is 3. The van der Waals surface area contributed by atoms with Gasteiger partial charge in [-0.25, -0.2) is 0 Å². The van der Waals surface area contributed by atoms with Gasteiger partial charge in [-0.05, 0) is 48.5 Å². The van der Waals surface area contributed by atoms with Crippen LogP contribution in [0.3, 0.4) is 0 Å². The van der Waals surface area contributed by atoms with Crippen LogP contribution in [0.4, 0.5) is 23.5 Å². The maximum absolute atomic E-state index is 12.0. The van der Waals surface area contributed by atoms with Crippen molar-refractivity contribution in [1.82, 2.24) is 25.3 Å². The average Bonchev–Trinajstić information content (AvgIpc) is 3.02. The zero-order valence-electron chi connectivity index (χ0n) is 22.9. The quantitative estimate of drug-likeness (QED) is 0.141. The highest BCUT2D eigenvalue weighted by Gasteiger charge is 2.08. The molecule has 0 atom stereocenters. The van der Waals surface area contributed by atoms with Crippen LogP contribution < -0.4 is 26.0 Å². The standard InChI is InChI=1S/C29H34N8O4/c1-39-25-12-10-23(11-13-25)34-29-36-27(35-28(37-29)33-21-24-9-5-6-14-30-24)32-16-18-41-20-19-40-17-15-31-26(38)22-7-3-2-4-8-22/h2-14H,15-21H2,1H3,(H,31,38)(H3,32,33,34,35,36,37). The second kappa shape index (κ2) is 16.3. The minimum atomic E-state index is -0.118. The van der Waals surface area contributed by atoms with Crippen LogP contribution in [0.1, 0.15) is 16.1 Å². The summed E-state index contributed by atoms with van der Waals surface area (Å²) in [5.41, 5.74) is 2.30.